The standard InChI is InChI=1S/C55H33N5/c1-32-25-27-34(28-26-32)51-42-30-29-33-13-5-6-16-36(33)52(42)57-55(56-51)59-45-24-12-19-38-40-21-11-20-39-37-17-7-9-22-43(37)60(53(39)40)54-49-41-18-8-10-23-44(41)58(35-14-3-2-4-15-35)46(49)31-47(59)50(54)48(38)45/h2-31H,1H3. The Labute approximate surface area is 342 Å². The molecule has 0 spiro atoms. The monoisotopic (exact) mass is 763 g/mol. The van der Waals surface area contributed by atoms with Gasteiger partial charge in [-0.15, -0.1) is 0 Å². The Morgan fingerprint density at radius 1 is 0.383 bits per heavy atom. The van der Waals surface area contributed by atoms with E-state index in [1.807, 2.05) is 0 Å². The van der Waals surface area contributed by atoms with Gasteiger partial charge < -0.3 is 8.97 Å². The van der Waals surface area contributed by atoms with Gasteiger partial charge in [0.05, 0.1) is 49.8 Å². The fraction of sp³-hybridized carbons (Fsp3) is 0.0182. The lowest BCUT2D eigenvalue weighted by Crippen LogP contribution is -2.04. The third kappa shape index (κ3) is 4.05. The van der Waals surface area contributed by atoms with E-state index in [0.717, 1.165) is 55.2 Å². The molecule has 0 N–H and O–H groups in total. The minimum Gasteiger partial charge on any atom is -0.309 e. The first-order chi connectivity index (χ1) is 29.7. The summed E-state index contributed by atoms with van der Waals surface area (Å²) in [5.41, 5.74) is 13.3. The summed E-state index contributed by atoms with van der Waals surface area (Å²) < 4.78 is 7.36. The molecule has 9 aromatic carbocycles. The summed E-state index contributed by atoms with van der Waals surface area (Å²) in [6.07, 6.45) is 0. The number of rotatable bonds is 3. The van der Waals surface area contributed by atoms with E-state index < -0.39 is 0 Å². The predicted molar refractivity (Wildman–Crippen MR) is 251 cm³/mol. The van der Waals surface area contributed by atoms with Crippen molar-refractivity contribution in [2.45, 2.75) is 6.92 Å². The maximum atomic E-state index is 5.62. The van der Waals surface area contributed by atoms with E-state index in [4.69, 9.17) is 9.97 Å². The Balaban J connectivity index is 1.29. The molecule has 60 heavy (non-hydrogen) atoms. The van der Waals surface area contributed by atoms with Crippen molar-refractivity contribution in [2.24, 2.45) is 0 Å². The highest BCUT2D eigenvalue weighted by Crippen LogP contribution is 2.48. The molecule has 278 valence electrons. The molecule has 0 radical (unpaired) electrons. The zero-order chi connectivity index (χ0) is 39.2. The third-order valence-electron chi connectivity index (χ3n) is 13.0. The summed E-state index contributed by atoms with van der Waals surface area (Å²) in [6, 6.07) is 66.3. The molecule has 0 fully saturated rings. The Kier molecular flexibility index (Phi) is 6.16. The number of benzene rings is 9. The fourth-order valence-corrected chi connectivity index (χ4v) is 10.5. The minimum atomic E-state index is 0.649. The molecule has 14 rings (SSSR count). The Morgan fingerprint density at radius 2 is 1.03 bits per heavy atom. The molecular formula is C55H33N5. The number of hydrogen-bond acceptors (Lipinski definition) is 2. The van der Waals surface area contributed by atoms with Crippen LogP contribution in [0, 0.1) is 6.92 Å². The molecule has 14 aromatic rings. The molecule has 0 unspecified atom stereocenters. The van der Waals surface area contributed by atoms with Gasteiger partial charge in [-0.2, -0.15) is 0 Å². The van der Waals surface area contributed by atoms with Gasteiger partial charge in [-0.1, -0.05) is 145 Å². The second-order valence-corrected chi connectivity index (χ2v) is 16.2. The van der Waals surface area contributed by atoms with Crippen molar-refractivity contribution in [1.82, 2.24) is 23.5 Å². The zero-order valence-electron chi connectivity index (χ0n) is 32.6. The zero-order valence-corrected chi connectivity index (χ0v) is 32.6. The van der Waals surface area contributed by atoms with Crippen LogP contribution in [0.1, 0.15) is 5.56 Å². The molecule has 5 heteroatoms. The average molecular weight is 764 g/mol. The lowest BCUT2D eigenvalue weighted by molar-refractivity contribution is 1.02. The van der Waals surface area contributed by atoms with E-state index in [-0.39, 0.29) is 0 Å². The first kappa shape index (κ1) is 32.0. The lowest BCUT2D eigenvalue weighted by Gasteiger charge is -2.14. The van der Waals surface area contributed by atoms with Crippen molar-refractivity contribution >= 4 is 103 Å². The van der Waals surface area contributed by atoms with Crippen LogP contribution in [0.25, 0.3) is 126 Å². The Morgan fingerprint density at radius 3 is 1.88 bits per heavy atom. The summed E-state index contributed by atoms with van der Waals surface area (Å²) in [5, 5.41) is 13.1. The van der Waals surface area contributed by atoms with Gasteiger partial charge in [0.15, 0.2) is 0 Å². The van der Waals surface area contributed by atoms with Crippen LogP contribution < -0.4 is 0 Å². The molecular weight excluding hydrogens is 731 g/mol. The summed E-state index contributed by atoms with van der Waals surface area (Å²) >= 11 is 0. The third-order valence-corrected chi connectivity index (χ3v) is 13.0. The van der Waals surface area contributed by atoms with E-state index >= 15 is 0 Å². The molecule has 5 aromatic heterocycles. The van der Waals surface area contributed by atoms with Crippen LogP contribution in [0.5, 0.6) is 0 Å². The van der Waals surface area contributed by atoms with Gasteiger partial charge in [0.1, 0.15) is 0 Å². The SMILES string of the molecule is Cc1ccc(-c2nc(-n3c4cccc5c6cccc7c8ccccc8n(c67)c6c7c8ccccc8n(-c8ccccc8)c7cc3c6c54)nc3c2ccc2ccccc23)cc1. The van der Waals surface area contributed by atoms with Crippen LogP contribution in [0.3, 0.4) is 0 Å². The van der Waals surface area contributed by atoms with Crippen molar-refractivity contribution in [2.75, 3.05) is 0 Å². The van der Waals surface area contributed by atoms with Gasteiger partial charge in [0, 0.05) is 59.7 Å². The highest BCUT2D eigenvalue weighted by atomic mass is 15.2. The second kappa shape index (κ2) is 11.6. The molecule has 0 bridgehead atoms. The van der Waals surface area contributed by atoms with E-state index in [9.17, 15) is 0 Å². The molecule has 0 saturated heterocycles. The Hall–Kier alpha value is -8.02. The highest BCUT2D eigenvalue weighted by molar-refractivity contribution is 6.37. The average Bonchev–Trinajstić information content (AvgIpc) is 3.91. The van der Waals surface area contributed by atoms with Crippen molar-refractivity contribution < 1.29 is 0 Å². The normalized spacial score (nSPS) is 12.4. The number of nitrogens with zero attached hydrogens (tertiary/aromatic N) is 5. The highest BCUT2D eigenvalue weighted by Gasteiger charge is 2.28. The maximum absolute atomic E-state index is 5.62. The van der Waals surface area contributed by atoms with E-state index in [1.54, 1.807) is 0 Å². The smallest absolute Gasteiger partial charge is 0.235 e. The summed E-state index contributed by atoms with van der Waals surface area (Å²) in [4.78, 5) is 11.2. The molecule has 5 nitrogen and oxygen atoms in total. The molecule has 0 amide bonds. The van der Waals surface area contributed by atoms with Gasteiger partial charge >= 0.3 is 0 Å². The lowest BCUT2D eigenvalue weighted by atomic mass is 10.0. The molecule has 5 heterocycles. The van der Waals surface area contributed by atoms with E-state index in [1.165, 1.54) is 70.7 Å². The van der Waals surface area contributed by atoms with Crippen LogP contribution in [-0.4, -0.2) is 23.5 Å². The first-order valence-electron chi connectivity index (χ1n) is 20.6. The van der Waals surface area contributed by atoms with Crippen LogP contribution in [0.4, 0.5) is 0 Å². The first-order valence-corrected chi connectivity index (χ1v) is 20.6. The van der Waals surface area contributed by atoms with Gasteiger partial charge in [0.2, 0.25) is 5.95 Å². The number of hydrogen-bond donors (Lipinski definition) is 0. The summed E-state index contributed by atoms with van der Waals surface area (Å²) in [5.74, 6) is 0.649. The topological polar surface area (TPSA) is 40.0 Å². The predicted octanol–water partition coefficient (Wildman–Crippen LogP) is 14.1. The Bertz CT molecular complexity index is 4110. The van der Waals surface area contributed by atoms with Gasteiger partial charge in [-0.25, -0.2) is 9.97 Å². The number of aryl methyl sites for hydroxylation is 1. The van der Waals surface area contributed by atoms with Crippen LogP contribution in [-0.2, 0) is 0 Å². The van der Waals surface area contributed by atoms with Crippen LogP contribution in [0.2, 0.25) is 0 Å². The van der Waals surface area contributed by atoms with Gasteiger partial charge in [-0.3, -0.25) is 4.57 Å². The van der Waals surface area contributed by atoms with Gasteiger partial charge in [0.25, 0.3) is 0 Å². The number of aromatic nitrogens is 5. The summed E-state index contributed by atoms with van der Waals surface area (Å²) in [6.45, 7) is 2.13. The van der Waals surface area contributed by atoms with Crippen molar-refractivity contribution in [3.8, 4) is 22.9 Å². The fourth-order valence-electron chi connectivity index (χ4n) is 10.5. The molecule has 0 aliphatic rings. The molecule has 0 saturated carbocycles. The number of fused-ring (bicyclic) bond motifs is 12. The van der Waals surface area contributed by atoms with E-state index in [2.05, 4.69) is 202 Å². The van der Waals surface area contributed by atoms with Crippen LogP contribution in [0.15, 0.2) is 182 Å². The molecule has 0 atom stereocenters. The second-order valence-electron chi connectivity index (χ2n) is 16.2. The quantitative estimate of drug-likeness (QED) is 0.168. The molecule has 0 aliphatic heterocycles. The van der Waals surface area contributed by atoms with Crippen molar-refractivity contribution in [3.05, 3.63) is 188 Å². The van der Waals surface area contributed by atoms with Gasteiger partial charge in [-0.05, 0) is 60.2 Å². The van der Waals surface area contributed by atoms with E-state index in [0.29, 0.717) is 5.95 Å². The molecule has 0 aliphatic carbocycles. The van der Waals surface area contributed by atoms with Crippen LogP contribution >= 0.6 is 0 Å². The minimum absolute atomic E-state index is 0.649. The number of para-hydroxylation sites is 4. The largest absolute Gasteiger partial charge is 0.309 e. The summed E-state index contributed by atoms with van der Waals surface area (Å²) in [7, 11) is 0. The maximum Gasteiger partial charge on any atom is 0.235 e. The van der Waals surface area contributed by atoms with Crippen molar-refractivity contribution in [3.63, 3.8) is 0 Å². The van der Waals surface area contributed by atoms with Crippen molar-refractivity contribution in [1.29, 1.82) is 0 Å².